The standard InChI is InChI=1S/C10H12BrFO3S/c1-16(13,14)5-4-15-10-3-2-8(7-11)6-9(10)12/h2-3,6H,4-5,7H2,1H3. The van der Waals surface area contributed by atoms with E-state index in [1.165, 1.54) is 12.1 Å². The molecule has 0 heterocycles. The van der Waals surface area contributed by atoms with Gasteiger partial charge in [-0.15, -0.1) is 0 Å². The third kappa shape index (κ3) is 4.49. The van der Waals surface area contributed by atoms with Crippen LogP contribution in [0, 0.1) is 5.82 Å². The Morgan fingerprint density at radius 3 is 2.62 bits per heavy atom. The first kappa shape index (κ1) is 13.4. The van der Waals surface area contributed by atoms with Gasteiger partial charge in [0.25, 0.3) is 0 Å². The highest BCUT2D eigenvalue weighted by atomic mass is 79.9. The van der Waals surface area contributed by atoms with Gasteiger partial charge >= 0.3 is 0 Å². The molecule has 0 fully saturated rings. The number of hydrogen-bond donors (Lipinski definition) is 0. The number of sulfone groups is 1. The number of alkyl halides is 1. The topological polar surface area (TPSA) is 43.4 Å². The Kier molecular flexibility index (Phi) is 4.73. The van der Waals surface area contributed by atoms with Crippen molar-refractivity contribution in [2.75, 3.05) is 18.6 Å². The van der Waals surface area contributed by atoms with Gasteiger partial charge in [-0.1, -0.05) is 22.0 Å². The molecule has 0 amide bonds. The van der Waals surface area contributed by atoms with E-state index in [2.05, 4.69) is 15.9 Å². The summed E-state index contributed by atoms with van der Waals surface area (Å²) in [5.74, 6) is -0.522. The summed E-state index contributed by atoms with van der Waals surface area (Å²) in [5.41, 5.74) is 0.799. The molecule has 90 valence electrons. The first-order valence-electron chi connectivity index (χ1n) is 4.57. The largest absolute Gasteiger partial charge is 0.489 e. The first-order chi connectivity index (χ1) is 7.42. The van der Waals surface area contributed by atoms with Crippen LogP contribution < -0.4 is 4.74 Å². The number of halogens is 2. The predicted octanol–water partition coefficient (Wildman–Crippen LogP) is 2.14. The van der Waals surface area contributed by atoms with E-state index in [9.17, 15) is 12.8 Å². The van der Waals surface area contributed by atoms with Crippen molar-refractivity contribution in [2.45, 2.75) is 5.33 Å². The Bertz CT molecular complexity index is 459. The average molecular weight is 311 g/mol. The quantitative estimate of drug-likeness (QED) is 0.783. The Morgan fingerprint density at radius 2 is 2.12 bits per heavy atom. The molecule has 0 bridgehead atoms. The zero-order valence-corrected chi connectivity index (χ0v) is 11.1. The average Bonchev–Trinajstić information content (AvgIpc) is 2.18. The molecule has 0 N–H and O–H groups in total. The van der Waals surface area contributed by atoms with E-state index < -0.39 is 15.7 Å². The minimum absolute atomic E-state index is 0.0383. The van der Waals surface area contributed by atoms with Crippen LogP contribution in [0.4, 0.5) is 4.39 Å². The molecule has 0 aliphatic heterocycles. The molecule has 0 radical (unpaired) electrons. The van der Waals surface area contributed by atoms with Crippen molar-refractivity contribution < 1.29 is 17.5 Å². The second-order valence-corrected chi connectivity index (χ2v) is 6.20. The molecule has 6 heteroatoms. The lowest BCUT2D eigenvalue weighted by atomic mass is 10.2. The SMILES string of the molecule is CS(=O)(=O)CCOc1ccc(CBr)cc1F. The van der Waals surface area contributed by atoms with Crippen molar-refractivity contribution in [3.8, 4) is 5.75 Å². The molecule has 0 aromatic heterocycles. The molecule has 0 aliphatic rings. The summed E-state index contributed by atoms with van der Waals surface area (Å²) in [7, 11) is -3.07. The van der Waals surface area contributed by atoms with Gasteiger partial charge in [0.1, 0.15) is 6.61 Å². The van der Waals surface area contributed by atoms with Gasteiger partial charge in [-0.3, -0.25) is 0 Å². The Balaban J connectivity index is 2.61. The van der Waals surface area contributed by atoms with Gasteiger partial charge in [-0.2, -0.15) is 0 Å². The molecular formula is C10H12BrFO3S. The third-order valence-electron chi connectivity index (χ3n) is 1.86. The lowest BCUT2D eigenvalue weighted by Crippen LogP contribution is -2.12. The highest BCUT2D eigenvalue weighted by molar-refractivity contribution is 9.08. The van der Waals surface area contributed by atoms with Crippen molar-refractivity contribution in [1.29, 1.82) is 0 Å². The van der Waals surface area contributed by atoms with E-state index in [0.29, 0.717) is 5.33 Å². The number of benzene rings is 1. The second-order valence-electron chi connectivity index (χ2n) is 3.38. The number of hydrogen-bond acceptors (Lipinski definition) is 3. The maximum atomic E-state index is 13.4. The van der Waals surface area contributed by atoms with E-state index in [1.54, 1.807) is 6.07 Å². The second kappa shape index (κ2) is 5.63. The van der Waals surface area contributed by atoms with Gasteiger partial charge in [0.05, 0.1) is 5.75 Å². The fourth-order valence-electron chi connectivity index (χ4n) is 1.05. The molecule has 3 nitrogen and oxygen atoms in total. The molecule has 1 aromatic rings. The van der Waals surface area contributed by atoms with Crippen LogP contribution in [0.2, 0.25) is 0 Å². The fourth-order valence-corrected chi connectivity index (χ4v) is 1.78. The number of rotatable bonds is 5. The van der Waals surface area contributed by atoms with Crippen LogP contribution in [-0.4, -0.2) is 27.0 Å². The molecule has 0 saturated heterocycles. The van der Waals surface area contributed by atoms with Gasteiger partial charge < -0.3 is 4.74 Å². The monoisotopic (exact) mass is 310 g/mol. The van der Waals surface area contributed by atoms with E-state index in [-0.39, 0.29) is 18.1 Å². The summed E-state index contributed by atoms with van der Waals surface area (Å²) >= 11 is 3.21. The molecule has 0 atom stereocenters. The zero-order valence-electron chi connectivity index (χ0n) is 8.74. The first-order valence-corrected chi connectivity index (χ1v) is 7.75. The zero-order chi connectivity index (χ0) is 12.2. The molecule has 0 unspecified atom stereocenters. The van der Waals surface area contributed by atoms with E-state index >= 15 is 0 Å². The Morgan fingerprint density at radius 1 is 1.44 bits per heavy atom. The lowest BCUT2D eigenvalue weighted by Gasteiger charge is -2.07. The maximum absolute atomic E-state index is 13.4. The van der Waals surface area contributed by atoms with Crippen molar-refractivity contribution in [2.24, 2.45) is 0 Å². The molecular weight excluding hydrogens is 299 g/mol. The van der Waals surface area contributed by atoms with Gasteiger partial charge in [0, 0.05) is 11.6 Å². The van der Waals surface area contributed by atoms with Gasteiger partial charge in [-0.05, 0) is 17.7 Å². The van der Waals surface area contributed by atoms with Crippen LogP contribution in [0.5, 0.6) is 5.75 Å². The fraction of sp³-hybridized carbons (Fsp3) is 0.400. The van der Waals surface area contributed by atoms with Crippen LogP contribution >= 0.6 is 15.9 Å². The molecule has 1 aromatic carbocycles. The van der Waals surface area contributed by atoms with Crippen LogP contribution in [0.1, 0.15) is 5.56 Å². The van der Waals surface area contributed by atoms with Crippen LogP contribution in [0.3, 0.4) is 0 Å². The summed E-state index contributed by atoms with van der Waals surface area (Å²) in [6.45, 7) is -0.0383. The van der Waals surface area contributed by atoms with Crippen molar-refractivity contribution >= 4 is 25.8 Å². The van der Waals surface area contributed by atoms with Gasteiger partial charge in [-0.25, -0.2) is 12.8 Å². The molecule has 0 saturated carbocycles. The summed E-state index contributed by atoms with van der Waals surface area (Å²) < 4.78 is 40.1. The van der Waals surface area contributed by atoms with Crippen molar-refractivity contribution in [3.63, 3.8) is 0 Å². The smallest absolute Gasteiger partial charge is 0.165 e. The van der Waals surface area contributed by atoms with Crippen LogP contribution in [-0.2, 0) is 15.2 Å². The summed E-state index contributed by atoms with van der Waals surface area (Å²) in [5, 5.41) is 0.563. The molecule has 0 aliphatic carbocycles. The Hall–Kier alpha value is -0.620. The van der Waals surface area contributed by atoms with Crippen molar-refractivity contribution in [1.82, 2.24) is 0 Å². The van der Waals surface area contributed by atoms with Crippen LogP contribution in [0.15, 0.2) is 18.2 Å². The van der Waals surface area contributed by atoms with E-state index in [4.69, 9.17) is 4.74 Å². The van der Waals surface area contributed by atoms with Crippen molar-refractivity contribution in [3.05, 3.63) is 29.6 Å². The minimum Gasteiger partial charge on any atom is -0.489 e. The molecule has 16 heavy (non-hydrogen) atoms. The highest BCUT2D eigenvalue weighted by Gasteiger charge is 2.06. The third-order valence-corrected chi connectivity index (χ3v) is 3.42. The summed E-state index contributed by atoms with van der Waals surface area (Å²) in [4.78, 5) is 0. The van der Waals surface area contributed by atoms with Crippen LogP contribution in [0.25, 0.3) is 0 Å². The predicted molar refractivity (Wildman–Crippen MR) is 64.2 cm³/mol. The lowest BCUT2D eigenvalue weighted by molar-refractivity contribution is 0.322. The van der Waals surface area contributed by atoms with E-state index in [0.717, 1.165) is 11.8 Å². The normalized spacial score (nSPS) is 11.4. The van der Waals surface area contributed by atoms with E-state index in [1.807, 2.05) is 0 Å². The molecule has 0 spiro atoms. The minimum atomic E-state index is -3.07. The number of ether oxygens (including phenoxy) is 1. The van der Waals surface area contributed by atoms with Gasteiger partial charge in [0.2, 0.25) is 0 Å². The summed E-state index contributed by atoms with van der Waals surface area (Å²) in [6, 6.07) is 4.56. The summed E-state index contributed by atoms with van der Waals surface area (Å²) in [6.07, 6.45) is 1.11. The molecule has 1 rings (SSSR count). The van der Waals surface area contributed by atoms with Gasteiger partial charge in [0.15, 0.2) is 21.4 Å². The Labute approximate surface area is 103 Å². The maximum Gasteiger partial charge on any atom is 0.165 e. The highest BCUT2D eigenvalue weighted by Crippen LogP contribution is 2.19.